The van der Waals surface area contributed by atoms with Crippen LogP contribution in [0.1, 0.15) is 31.9 Å². The fourth-order valence-corrected chi connectivity index (χ4v) is 2.88. The first-order valence-corrected chi connectivity index (χ1v) is 8.50. The molecule has 5 heteroatoms. The molecule has 0 aliphatic carbocycles. The molecule has 1 aromatic rings. The lowest BCUT2D eigenvalue weighted by Gasteiger charge is -2.35. The summed E-state index contributed by atoms with van der Waals surface area (Å²) in [6, 6.07) is 6.34. The predicted octanol–water partition coefficient (Wildman–Crippen LogP) is 3.81. The highest BCUT2D eigenvalue weighted by molar-refractivity contribution is 9.10. The van der Waals surface area contributed by atoms with Crippen LogP contribution < -0.4 is 0 Å². The molecule has 1 aliphatic rings. The number of halogens is 1. The number of carbonyl (C=O) groups excluding carboxylic acids is 1. The number of nitrogens with zero attached hydrogens (tertiary/aromatic N) is 2. The Morgan fingerprint density at radius 2 is 1.86 bits per heavy atom. The third-order valence-corrected chi connectivity index (χ3v) is 4.82. The van der Waals surface area contributed by atoms with E-state index in [2.05, 4.69) is 46.0 Å². The van der Waals surface area contributed by atoms with Gasteiger partial charge in [0, 0.05) is 37.2 Å². The Balaban J connectivity index is 1.87. The molecule has 0 unspecified atom stereocenters. The minimum Gasteiger partial charge on any atom is -0.444 e. The van der Waals surface area contributed by atoms with Crippen molar-refractivity contribution in [1.82, 2.24) is 9.80 Å². The molecule has 1 heterocycles. The van der Waals surface area contributed by atoms with E-state index < -0.39 is 5.60 Å². The molecule has 0 bridgehead atoms. The molecule has 1 amide bonds. The van der Waals surface area contributed by atoms with E-state index in [4.69, 9.17) is 4.74 Å². The maximum atomic E-state index is 12.1. The minimum atomic E-state index is -0.430. The molecule has 4 nitrogen and oxygen atoms in total. The lowest BCUT2D eigenvalue weighted by molar-refractivity contribution is 0.0139. The van der Waals surface area contributed by atoms with Gasteiger partial charge in [-0.1, -0.05) is 34.1 Å². The van der Waals surface area contributed by atoms with Crippen molar-refractivity contribution in [3.05, 3.63) is 33.8 Å². The minimum absolute atomic E-state index is 0.205. The first-order chi connectivity index (χ1) is 10.3. The monoisotopic (exact) mass is 368 g/mol. The van der Waals surface area contributed by atoms with Crippen molar-refractivity contribution in [3.63, 3.8) is 0 Å². The Morgan fingerprint density at radius 1 is 1.23 bits per heavy atom. The molecule has 0 atom stereocenters. The van der Waals surface area contributed by atoms with Crippen LogP contribution in [0.4, 0.5) is 4.79 Å². The first-order valence-electron chi connectivity index (χ1n) is 7.70. The van der Waals surface area contributed by atoms with Crippen LogP contribution >= 0.6 is 15.9 Å². The first kappa shape index (κ1) is 17.3. The van der Waals surface area contributed by atoms with Crippen LogP contribution in [0.2, 0.25) is 0 Å². The van der Waals surface area contributed by atoms with Crippen molar-refractivity contribution in [2.75, 3.05) is 26.2 Å². The second-order valence-electron chi connectivity index (χ2n) is 6.79. The number of amides is 1. The molecule has 0 aromatic heterocycles. The molecule has 1 aromatic carbocycles. The Morgan fingerprint density at radius 3 is 2.45 bits per heavy atom. The molecule has 1 fully saturated rings. The average Bonchev–Trinajstić information content (AvgIpc) is 2.43. The number of ether oxygens (including phenoxy) is 1. The molecule has 0 spiro atoms. The topological polar surface area (TPSA) is 32.8 Å². The summed E-state index contributed by atoms with van der Waals surface area (Å²) in [4.78, 5) is 16.2. The SMILES string of the molecule is Cc1cccc(CN2CCN(C(=O)OC(C)(C)C)CC2)c1Br. The zero-order chi connectivity index (χ0) is 16.3. The van der Waals surface area contributed by atoms with E-state index in [9.17, 15) is 4.79 Å². The average molecular weight is 369 g/mol. The lowest BCUT2D eigenvalue weighted by Crippen LogP contribution is -2.49. The quantitative estimate of drug-likeness (QED) is 0.795. The van der Waals surface area contributed by atoms with Crippen LogP contribution in [0.25, 0.3) is 0 Å². The van der Waals surface area contributed by atoms with E-state index in [0.717, 1.165) is 32.7 Å². The number of carbonyl (C=O) groups is 1. The fraction of sp³-hybridized carbons (Fsp3) is 0.588. The molecule has 1 saturated heterocycles. The van der Waals surface area contributed by atoms with Gasteiger partial charge in [-0.05, 0) is 38.8 Å². The van der Waals surface area contributed by atoms with E-state index in [1.807, 2.05) is 20.8 Å². The predicted molar refractivity (Wildman–Crippen MR) is 92.0 cm³/mol. The van der Waals surface area contributed by atoms with E-state index in [1.165, 1.54) is 15.6 Å². The second kappa shape index (κ2) is 7.01. The maximum Gasteiger partial charge on any atom is 0.410 e. The molecule has 1 aliphatic heterocycles. The summed E-state index contributed by atoms with van der Waals surface area (Å²) < 4.78 is 6.61. The van der Waals surface area contributed by atoms with Crippen molar-refractivity contribution >= 4 is 22.0 Å². The van der Waals surface area contributed by atoms with Crippen molar-refractivity contribution in [2.45, 2.75) is 39.8 Å². The van der Waals surface area contributed by atoms with Gasteiger partial charge in [0.05, 0.1) is 0 Å². The van der Waals surface area contributed by atoms with Gasteiger partial charge in [0.2, 0.25) is 0 Å². The molecule has 0 N–H and O–H groups in total. The van der Waals surface area contributed by atoms with E-state index in [1.54, 1.807) is 4.90 Å². The van der Waals surface area contributed by atoms with Crippen LogP contribution in [0.3, 0.4) is 0 Å². The highest BCUT2D eigenvalue weighted by Gasteiger charge is 2.25. The van der Waals surface area contributed by atoms with Gasteiger partial charge in [-0.3, -0.25) is 4.90 Å². The number of hydrogen-bond donors (Lipinski definition) is 0. The molecular formula is C17H25BrN2O2. The maximum absolute atomic E-state index is 12.1. The van der Waals surface area contributed by atoms with Crippen molar-refractivity contribution in [3.8, 4) is 0 Å². The van der Waals surface area contributed by atoms with Crippen LogP contribution in [0.5, 0.6) is 0 Å². The van der Waals surface area contributed by atoms with Gasteiger partial charge in [-0.2, -0.15) is 0 Å². The van der Waals surface area contributed by atoms with E-state index in [-0.39, 0.29) is 6.09 Å². The zero-order valence-corrected chi connectivity index (χ0v) is 15.4. The standard InChI is InChI=1S/C17H25BrN2O2/c1-13-6-5-7-14(15(13)18)12-19-8-10-20(11-9-19)16(21)22-17(2,3)4/h5-7H,8-12H2,1-4H3. The van der Waals surface area contributed by atoms with Crippen LogP contribution in [-0.2, 0) is 11.3 Å². The van der Waals surface area contributed by atoms with Crippen molar-refractivity contribution in [1.29, 1.82) is 0 Å². The molecule has 0 radical (unpaired) electrons. The third-order valence-electron chi connectivity index (χ3n) is 3.69. The molecule has 22 heavy (non-hydrogen) atoms. The number of benzene rings is 1. The summed E-state index contributed by atoms with van der Waals surface area (Å²) in [6.07, 6.45) is -0.205. The van der Waals surface area contributed by atoms with Gasteiger partial charge in [0.1, 0.15) is 5.60 Å². The van der Waals surface area contributed by atoms with Crippen molar-refractivity contribution in [2.24, 2.45) is 0 Å². The van der Waals surface area contributed by atoms with Crippen LogP contribution in [-0.4, -0.2) is 47.7 Å². The highest BCUT2D eigenvalue weighted by atomic mass is 79.9. The van der Waals surface area contributed by atoms with E-state index in [0.29, 0.717) is 0 Å². The van der Waals surface area contributed by atoms with Crippen molar-refractivity contribution < 1.29 is 9.53 Å². The largest absolute Gasteiger partial charge is 0.444 e. The Kier molecular flexibility index (Phi) is 5.50. The second-order valence-corrected chi connectivity index (χ2v) is 7.58. The molecule has 2 rings (SSSR count). The third kappa shape index (κ3) is 4.71. The van der Waals surface area contributed by atoms with Crippen LogP contribution in [0.15, 0.2) is 22.7 Å². The number of piperazine rings is 1. The Bertz CT molecular complexity index is 532. The summed E-state index contributed by atoms with van der Waals surface area (Å²) >= 11 is 3.66. The Hall–Kier alpha value is -1.07. The van der Waals surface area contributed by atoms with Gasteiger partial charge in [0.15, 0.2) is 0 Å². The Labute approximate surface area is 141 Å². The molecule has 0 saturated carbocycles. The number of rotatable bonds is 2. The van der Waals surface area contributed by atoms with Gasteiger partial charge in [0.25, 0.3) is 0 Å². The number of hydrogen-bond acceptors (Lipinski definition) is 3. The van der Waals surface area contributed by atoms with Gasteiger partial charge in [-0.15, -0.1) is 0 Å². The smallest absolute Gasteiger partial charge is 0.410 e. The van der Waals surface area contributed by atoms with Gasteiger partial charge in [-0.25, -0.2) is 4.79 Å². The summed E-state index contributed by atoms with van der Waals surface area (Å²) in [5.74, 6) is 0. The summed E-state index contributed by atoms with van der Waals surface area (Å²) in [6.45, 7) is 11.9. The molecule has 122 valence electrons. The van der Waals surface area contributed by atoms with Gasteiger partial charge >= 0.3 is 6.09 Å². The fourth-order valence-electron chi connectivity index (χ4n) is 2.49. The highest BCUT2D eigenvalue weighted by Crippen LogP contribution is 2.23. The summed E-state index contributed by atoms with van der Waals surface area (Å²) in [7, 11) is 0. The van der Waals surface area contributed by atoms with Crippen LogP contribution in [0, 0.1) is 6.92 Å². The molecular weight excluding hydrogens is 344 g/mol. The normalized spacial score (nSPS) is 16.7. The summed E-state index contributed by atoms with van der Waals surface area (Å²) in [5, 5.41) is 0. The zero-order valence-electron chi connectivity index (χ0n) is 13.9. The number of aryl methyl sites for hydroxylation is 1. The lowest BCUT2D eigenvalue weighted by atomic mass is 10.1. The van der Waals surface area contributed by atoms with Gasteiger partial charge < -0.3 is 9.64 Å². The summed E-state index contributed by atoms with van der Waals surface area (Å²) in [5.41, 5.74) is 2.12. The van der Waals surface area contributed by atoms with E-state index >= 15 is 0 Å².